The summed E-state index contributed by atoms with van der Waals surface area (Å²) >= 11 is 0. The van der Waals surface area contributed by atoms with Gasteiger partial charge in [0.05, 0.1) is 6.10 Å². The fourth-order valence-electron chi connectivity index (χ4n) is 2.58. The third-order valence-corrected chi connectivity index (χ3v) is 3.77. The predicted octanol–water partition coefficient (Wildman–Crippen LogP) is 1.49. The average molecular weight is 252 g/mol. The second kappa shape index (κ2) is 5.78. The Balaban J connectivity index is 2.02. The minimum atomic E-state index is -0.253. The molecule has 0 aromatic heterocycles. The number of aliphatic hydroxyl groups is 1. The number of nitrogens with zero attached hydrogens (tertiary/aromatic N) is 1. The molecule has 1 aliphatic rings. The maximum Gasteiger partial charge on any atom is 0.123 e. The van der Waals surface area contributed by atoms with Gasteiger partial charge in [-0.3, -0.25) is 4.90 Å². The quantitative estimate of drug-likeness (QED) is 0.853. The van der Waals surface area contributed by atoms with Gasteiger partial charge in [-0.15, -0.1) is 0 Å². The topological polar surface area (TPSA) is 49.5 Å². The van der Waals surface area contributed by atoms with E-state index in [1.807, 2.05) is 13.0 Å². The van der Waals surface area contributed by atoms with Gasteiger partial charge in [-0.25, -0.2) is 4.39 Å². The molecule has 1 fully saturated rings. The third-order valence-electron chi connectivity index (χ3n) is 3.77. The summed E-state index contributed by atoms with van der Waals surface area (Å²) in [7, 11) is 0. The van der Waals surface area contributed by atoms with Crippen LogP contribution >= 0.6 is 0 Å². The zero-order chi connectivity index (χ0) is 13.1. The van der Waals surface area contributed by atoms with Crippen LogP contribution in [0.2, 0.25) is 0 Å². The van der Waals surface area contributed by atoms with Crippen LogP contribution in [0.15, 0.2) is 18.2 Å². The number of hydrogen-bond acceptors (Lipinski definition) is 3. The highest BCUT2D eigenvalue weighted by Gasteiger charge is 2.26. The van der Waals surface area contributed by atoms with Gasteiger partial charge in [0.15, 0.2) is 0 Å². The van der Waals surface area contributed by atoms with Crippen LogP contribution < -0.4 is 5.73 Å². The van der Waals surface area contributed by atoms with E-state index in [9.17, 15) is 9.50 Å². The highest BCUT2D eigenvalue weighted by molar-refractivity contribution is 5.27. The van der Waals surface area contributed by atoms with Gasteiger partial charge in [-0.2, -0.15) is 0 Å². The molecule has 1 saturated heterocycles. The van der Waals surface area contributed by atoms with Gasteiger partial charge in [-0.1, -0.05) is 6.07 Å². The highest BCUT2D eigenvalue weighted by Crippen LogP contribution is 2.22. The molecule has 1 aromatic rings. The van der Waals surface area contributed by atoms with Gasteiger partial charge < -0.3 is 10.8 Å². The van der Waals surface area contributed by atoms with Crippen molar-refractivity contribution < 1.29 is 9.50 Å². The molecule has 2 unspecified atom stereocenters. The van der Waals surface area contributed by atoms with Crippen molar-refractivity contribution in [3.63, 3.8) is 0 Å². The van der Waals surface area contributed by atoms with E-state index in [1.165, 1.54) is 12.1 Å². The summed E-state index contributed by atoms with van der Waals surface area (Å²) in [5.41, 5.74) is 7.60. The molecule has 4 heteroatoms. The number of hydrogen-bond donors (Lipinski definition) is 2. The first kappa shape index (κ1) is 13.5. The number of nitrogens with two attached hydrogens (primary N) is 1. The fraction of sp³-hybridized carbons (Fsp3) is 0.571. The number of halogens is 1. The molecule has 18 heavy (non-hydrogen) atoms. The third kappa shape index (κ3) is 3.07. The number of aliphatic hydroxyl groups excluding tert-OH is 1. The molecule has 0 aliphatic carbocycles. The van der Waals surface area contributed by atoms with Crippen LogP contribution in [-0.2, 0) is 13.1 Å². The summed E-state index contributed by atoms with van der Waals surface area (Å²) in [4.78, 5) is 2.30. The zero-order valence-corrected chi connectivity index (χ0v) is 10.8. The van der Waals surface area contributed by atoms with Crippen molar-refractivity contribution in [1.29, 1.82) is 0 Å². The predicted molar refractivity (Wildman–Crippen MR) is 69.4 cm³/mol. The Kier molecular flexibility index (Phi) is 4.32. The lowest BCUT2D eigenvalue weighted by Gasteiger charge is -2.19. The summed E-state index contributed by atoms with van der Waals surface area (Å²) in [6.07, 6.45) is 0.772. The van der Waals surface area contributed by atoms with Gasteiger partial charge in [0, 0.05) is 19.6 Å². The number of likely N-dealkylation sites (tertiary alicyclic amines) is 1. The normalized spacial score (nSPS) is 22.3. The molecular formula is C14H21FN2O. The molecule has 1 aliphatic heterocycles. The monoisotopic (exact) mass is 252 g/mol. The lowest BCUT2D eigenvalue weighted by Crippen LogP contribution is -2.24. The van der Waals surface area contributed by atoms with E-state index in [2.05, 4.69) is 4.90 Å². The van der Waals surface area contributed by atoms with E-state index < -0.39 is 0 Å². The average Bonchev–Trinajstić information content (AvgIpc) is 2.80. The maximum absolute atomic E-state index is 13.1. The summed E-state index contributed by atoms with van der Waals surface area (Å²) in [6.45, 7) is 4.88. The molecule has 0 saturated carbocycles. The van der Waals surface area contributed by atoms with Crippen LogP contribution in [0.4, 0.5) is 4.39 Å². The van der Waals surface area contributed by atoms with E-state index >= 15 is 0 Å². The largest absolute Gasteiger partial charge is 0.393 e. The van der Waals surface area contributed by atoms with Gasteiger partial charge >= 0.3 is 0 Å². The van der Waals surface area contributed by atoms with E-state index in [4.69, 9.17) is 5.73 Å². The first-order valence-electron chi connectivity index (χ1n) is 6.48. The Labute approximate surface area is 107 Å². The molecule has 0 radical (unpaired) electrons. The van der Waals surface area contributed by atoms with Crippen molar-refractivity contribution >= 4 is 0 Å². The van der Waals surface area contributed by atoms with Gasteiger partial charge in [0.1, 0.15) is 5.82 Å². The SMILES string of the molecule is CC(O)C1CCN(Cc2ccc(F)cc2CN)C1. The molecule has 2 rings (SSSR count). The molecule has 3 nitrogen and oxygen atoms in total. The van der Waals surface area contributed by atoms with Crippen molar-refractivity contribution in [3.05, 3.63) is 35.1 Å². The molecule has 2 atom stereocenters. The Morgan fingerprint density at radius 2 is 2.28 bits per heavy atom. The minimum Gasteiger partial charge on any atom is -0.393 e. The van der Waals surface area contributed by atoms with Crippen LogP contribution in [-0.4, -0.2) is 29.2 Å². The van der Waals surface area contributed by atoms with Crippen LogP contribution in [0.25, 0.3) is 0 Å². The Morgan fingerprint density at radius 3 is 2.89 bits per heavy atom. The summed E-state index contributed by atoms with van der Waals surface area (Å²) in [6, 6.07) is 4.81. The number of benzene rings is 1. The lowest BCUT2D eigenvalue weighted by atomic mass is 10.0. The Bertz CT molecular complexity index is 409. The highest BCUT2D eigenvalue weighted by atomic mass is 19.1. The summed E-state index contributed by atoms with van der Waals surface area (Å²) in [5, 5.41) is 9.58. The maximum atomic E-state index is 13.1. The van der Waals surface area contributed by atoms with Crippen LogP contribution in [0, 0.1) is 11.7 Å². The van der Waals surface area contributed by atoms with E-state index in [1.54, 1.807) is 0 Å². The smallest absolute Gasteiger partial charge is 0.123 e. The molecule has 0 spiro atoms. The van der Waals surface area contributed by atoms with E-state index in [0.717, 1.165) is 37.2 Å². The van der Waals surface area contributed by atoms with Crippen LogP contribution in [0.3, 0.4) is 0 Å². The van der Waals surface area contributed by atoms with Crippen molar-refractivity contribution in [1.82, 2.24) is 4.90 Å². The van der Waals surface area contributed by atoms with Crippen LogP contribution in [0.5, 0.6) is 0 Å². The van der Waals surface area contributed by atoms with Crippen molar-refractivity contribution in [2.45, 2.75) is 32.5 Å². The van der Waals surface area contributed by atoms with E-state index in [-0.39, 0.29) is 11.9 Å². The summed E-state index contributed by atoms with van der Waals surface area (Å²) in [5.74, 6) is 0.120. The fourth-order valence-corrected chi connectivity index (χ4v) is 2.58. The zero-order valence-electron chi connectivity index (χ0n) is 10.8. The van der Waals surface area contributed by atoms with Gasteiger partial charge in [0.25, 0.3) is 0 Å². The van der Waals surface area contributed by atoms with Crippen molar-refractivity contribution in [3.8, 4) is 0 Å². The number of rotatable bonds is 4. The standard InChI is InChI=1S/C14H21FN2O/c1-10(18)11-4-5-17(8-11)9-12-2-3-14(15)6-13(12)7-16/h2-3,6,10-11,18H,4-5,7-9,16H2,1H3. The van der Waals surface area contributed by atoms with Gasteiger partial charge in [-0.05, 0) is 49.1 Å². The minimum absolute atomic E-state index is 0.234. The molecular weight excluding hydrogens is 231 g/mol. The van der Waals surface area contributed by atoms with Crippen molar-refractivity contribution in [2.75, 3.05) is 13.1 Å². The second-order valence-electron chi connectivity index (χ2n) is 5.14. The lowest BCUT2D eigenvalue weighted by molar-refractivity contribution is 0.127. The van der Waals surface area contributed by atoms with Crippen LogP contribution in [0.1, 0.15) is 24.5 Å². The van der Waals surface area contributed by atoms with Crippen molar-refractivity contribution in [2.24, 2.45) is 11.7 Å². The molecule has 100 valence electrons. The Morgan fingerprint density at radius 1 is 1.50 bits per heavy atom. The molecule has 1 aromatic carbocycles. The molecule has 1 heterocycles. The Hall–Kier alpha value is -0.970. The molecule has 3 N–H and O–H groups in total. The molecule has 0 amide bonds. The van der Waals surface area contributed by atoms with Gasteiger partial charge in [0.2, 0.25) is 0 Å². The first-order valence-corrected chi connectivity index (χ1v) is 6.48. The second-order valence-corrected chi connectivity index (χ2v) is 5.14. The summed E-state index contributed by atoms with van der Waals surface area (Å²) < 4.78 is 13.1. The first-order chi connectivity index (χ1) is 8.60. The molecule has 0 bridgehead atoms. The van der Waals surface area contributed by atoms with E-state index in [0.29, 0.717) is 12.5 Å².